The molecule has 1 aliphatic carbocycles. The van der Waals surface area contributed by atoms with E-state index in [4.69, 9.17) is 0 Å². The molecule has 2 fully saturated rings. The summed E-state index contributed by atoms with van der Waals surface area (Å²) in [6, 6.07) is 0.782. The molecule has 1 saturated heterocycles. The summed E-state index contributed by atoms with van der Waals surface area (Å²) < 4.78 is 0. The van der Waals surface area contributed by atoms with Crippen LogP contribution in [0.5, 0.6) is 0 Å². The quantitative estimate of drug-likeness (QED) is 0.712. The van der Waals surface area contributed by atoms with Gasteiger partial charge in [-0.05, 0) is 56.9 Å². The first-order valence-corrected chi connectivity index (χ1v) is 6.50. The van der Waals surface area contributed by atoms with E-state index in [1.165, 1.54) is 51.5 Å². The minimum Gasteiger partial charge on any atom is -0.314 e. The van der Waals surface area contributed by atoms with Crippen LogP contribution in [0.2, 0.25) is 0 Å². The van der Waals surface area contributed by atoms with Crippen molar-refractivity contribution < 1.29 is 0 Å². The molecule has 1 aliphatic heterocycles. The second-order valence-electron chi connectivity index (χ2n) is 5.52. The highest BCUT2D eigenvalue weighted by molar-refractivity contribution is 4.97. The largest absolute Gasteiger partial charge is 0.314 e. The minimum atomic E-state index is 0.699. The van der Waals surface area contributed by atoms with Crippen molar-refractivity contribution in [3.05, 3.63) is 0 Å². The van der Waals surface area contributed by atoms with Gasteiger partial charge in [0.2, 0.25) is 0 Å². The fourth-order valence-corrected chi connectivity index (χ4v) is 3.60. The molecule has 1 heterocycles. The molecule has 2 rings (SSSR count). The third-order valence-electron chi connectivity index (χ3n) is 4.79. The molecule has 1 spiro atoms. The van der Waals surface area contributed by atoms with Gasteiger partial charge < -0.3 is 5.32 Å². The molecule has 0 aromatic heterocycles. The molecule has 1 unspecified atom stereocenters. The van der Waals surface area contributed by atoms with E-state index in [0.29, 0.717) is 5.41 Å². The Labute approximate surface area is 88.7 Å². The molecular weight excluding hydrogens is 170 g/mol. The number of rotatable bonds is 2. The first-order chi connectivity index (χ1) is 6.77. The lowest BCUT2D eigenvalue weighted by molar-refractivity contribution is 0.132. The van der Waals surface area contributed by atoms with Crippen molar-refractivity contribution in [2.45, 2.75) is 64.8 Å². The molecule has 0 amide bonds. The van der Waals surface area contributed by atoms with E-state index in [0.717, 1.165) is 12.0 Å². The SMILES string of the molecule is CCCC1CCC2(CCNC2C)CC1. The minimum absolute atomic E-state index is 0.699. The van der Waals surface area contributed by atoms with Gasteiger partial charge in [0, 0.05) is 6.04 Å². The number of hydrogen-bond acceptors (Lipinski definition) is 1. The van der Waals surface area contributed by atoms with Crippen LogP contribution < -0.4 is 5.32 Å². The third kappa shape index (κ3) is 1.84. The Bertz CT molecular complexity index is 180. The van der Waals surface area contributed by atoms with Gasteiger partial charge in [-0.1, -0.05) is 19.8 Å². The Morgan fingerprint density at radius 2 is 1.93 bits per heavy atom. The van der Waals surface area contributed by atoms with Gasteiger partial charge in [0.15, 0.2) is 0 Å². The second kappa shape index (κ2) is 4.22. The summed E-state index contributed by atoms with van der Waals surface area (Å²) >= 11 is 0. The first-order valence-electron chi connectivity index (χ1n) is 6.50. The van der Waals surface area contributed by atoms with Gasteiger partial charge in [-0.25, -0.2) is 0 Å². The fraction of sp³-hybridized carbons (Fsp3) is 1.00. The predicted octanol–water partition coefficient (Wildman–Crippen LogP) is 3.34. The zero-order chi connectivity index (χ0) is 10.0. The molecular formula is C13H25N. The van der Waals surface area contributed by atoms with Crippen molar-refractivity contribution in [2.24, 2.45) is 11.3 Å². The van der Waals surface area contributed by atoms with Crippen LogP contribution in [-0.4, -0.2) is 12.6 Å². The summed E-state index contributed by atoms with van der Waals surface area (Å²) in [5.41, 5.74) is 0.699. The maximum atomic E-state index is 3.63. The van der Waals surface area contributed by atoms with Gasteiger partial charge in [0.25, 0.3) is 0 Å². The van der Waals surface area contributed by atoms with Crippen molar-refractivity contribution >= 4 is 0 Å². The highest BCUT2D eigenvalue weighted by atomic mass is 15.0. The number of hydrogen-bond donors (Lipinski definition) is 1. The fourth-order valence-electron chi connectivity index (χ4n) is 3.60. The van der Waals surface area contributed by atoms with E-state index in [9.17, 15) is 0 Å². The summed E-state index contributed by atoms with van der Waals surface area (Å²) in [6.45, 7) is 5.98. The molecule has 1 nitrogen and oxygen atoms in total. The van der Waals surface area contributed by atoms with Crippen molar-refractivity contribution in [3.8, 4) is 0 Å². The summed E-state index contributed by atoms with van der Waals surface area (Å²) in [6.07, 6.45) is 10.3. The van der Waals surface area contributed by atoms with E-state index in [1.807, 2.05) is 0 Å². The Morgan fingerprint density at radius 1 is 1.21 bits per heavy atom. The van der Waals surface area contributed by atoms with Crippen LogP contribution in [0, 0.1) is 11.3 Å². The van der Waals surface area contributed by atoms with Gasteiger partial charge >= 0.3 is 0 Å². The molecule has 14 heavy (non-hydrogen) atoms. The molecule has 2 aliphatic rings. The smallest absolute Gasteiger partial charge is 0.00956 e. The maximum Gasteiger partial charge on any atom is 0.00956 e. The summed E-state index contributed by atoms with van der Waals surface area (Å²) in [5.74, 6) is 1.05. The van der Waals surface area contributed by atoms with Gasteiger partial charge in [-0.2, -0.15) is 0 Å². The predicted molar refractivity (Wildman–Crippen MR) is 61.4 cm³/mol. The topological polar surface area (TPSA) is 12.0 Å². The van der Waals surface area contributed by atoms with E-state index in [2.05, 4.69) is 19.2 Å². The Hall–Kier alpha value is -0.0400. The van der Waals surface area contributed by atoms with E-state index >= 15 is 0 Å². The average molecular weight is 195 g/mol. The van der Waals surface area contributed by atoms with Crippen LogP contribution in [0.4, 0.5) is 0 Å². The molecule has 1 saturated carbocycles. The van der Waals surface area contributed by atoms with Crippen molar-refractivity contribution in [3.63, 3.8) is 0 Å². The van der Waals surface area contributed by atoms with E-state index in [1.54, 1.807) is 0 Å². The Balaban J connectivity index is 1.88. The third-order valence-corrected chi connectivity index (χ3v) is 4.79. The summed E-state index contributed by atoms with van der Waals surface area (Å²) in [5, 5.41) is 3.63. The maximum absolute atomic E-state index is 3.63. The summed E-state index contributed by atoms with van der Waals surface area (Å²) in [4.78, 5) is 0. The Morgan fingerprint density at radius 3 is 2.43 bits per heavy atom. The van der Waals surface area contributed by atoms with Crippen molar-refractivity contribution in [1.82, 2.24) is 5.32 Å². The molecule has 1 atom stereocenters. The molecule has 0 aromatic rings. The Kier molecular flexibility index (Phi) is 3.16. The lowest BCUT2D eigenvalue weighted by Gasteiger charge is -2.40. The van der Waals surface area contributed by atoms with Crippen molar-refractivity contribution in [2.75, 3.05) is 6.54 Å². The zero-order valence-corrected chi connectivity index (χ0v) is 9.81. The van der Waals surface area contributed by atoms with Gasteiger partial charge in [-0.15, -0.1) is 0 Å². The standard InChI is InChI=1S/C13H25N/c1-3-4-12-5-7-13(8-6-12)9-10-14-11(13)2/h11-12,14H,3-10H2,1-2H3. The second-order valence-corrected chi connectivity index (χ2v) is 5.52. The molecule has 1 heteroatoms. The van der Waals surface area contributed by atoms with E-state index in [-0.39, 0.29) is 0 Å². The summed E-state index contributed by atoms with van der Waals surface area (Å²) in [7, 11) is 0. The van der Waals surface area contributed by atoms with Crippen LogP contribution in [0.25, 0.3) is 0 Å². The molecule has 82 valence electrons. The molecule has 0 bridgehead atoms. The number of nitrogens with one attached hydrogen (secondary N) is 1. The molecule has 0 aromatic carbocycles. The zero-order valence-electron chi connectivity index (χ0n) is 9.81. The van der Waals surface area contributed by atoms with Gasteiger partial charge in [-0.3, -0.25) is 0 Å². The van der Waals surface area contributed by atoms with Crippen LogP contribution in [-0.2, 0) is 0 Å². The van der Waals surface area contributed by atoms with Crippen LogP contribution >= 0.6 is 0 Å². The highest BCUT2D eigenvalue weighted by Crippen LogP contribution is 2.47. The van der Waals surface area contributed by atoms with Crippen LogP contribution in [0.3, 0.4) is 0 Å². The lowest BCUT2D eigenvalue weighted by Crippen LogP contribution is -2.37. The first kappa shape index (κ1) is 10.5. The van der Waals surface area contributed by atoms with Crippen LogP contribution in [0.1, 0.15) is 58.8 Å². The normalized spacial score (nSPS) is 43.3. The van der Waals surface area contributed by atoms with Crippen molar-refractivity contribution in [1.29, 1.82) is 0 Å². The average Bonchev–Trinajstić information content (AvgIpc) is 2.53. The van der Waals surface area contributed by atoms with Gasteiger partial charge in [0.1, 0.15) is 0 Å². The molecule has 0 radical (unpaired) electrons. The van der Waals surface area contributed by atoms with Gasteiger partial charge in [0.05, 0.1) is 0 Å². The van der Waals surface area contributed by atoms with E-state index < -0.39 is 0 Å². The molecule has 1 N–H and O–H groups in total. The monoisotopic (exact) mass is 195 g/mol. The lowest BCUT2D eigenvalue weighted by atomic mass is 9.66. The van der Waals surface area contributed by atoms with Crippen LogP contribution in [0.15, 0.2) is 0 Å². The highest BCUT2D eigenvalue weighted by Gasteiger charge is 2.42.